The summed E-state index contributed by atoms with van der Waals surface area (Å²) < 4.78 is 21.6. The van der Waals surface area contributed by atoms with Crippen LogP contribution in [0, 0.1) is 9.52 Å². The lowest BCUT2D eigenvalue weighted by Gasteiger charge is -2.36. The molecule has 180 valence electrons. The average Bonchev–Trinajstić information content (AvgIpc) is 3.20. The third-order valence-electron chi connectivity index (χ3n) is 6.09. The molecule has 0 spiro atoms. The first kappa shape index (κ1) is 23.2. The second kappa shape index (κ2) is 9.96. The summed E-state index contributed by atoms with van der Waals surface area (Å²) in [4.78, 5) is 18.1. The Kier molecular flexibility index (Phi) is 6.79. The lowest BCUT2D eigenvalue weighted by Crippen LogP contribution is -2.51. The standard InChI is InChI=1S/C22H26FIN8O2/c23-14-4-6-15(7-5-14)26-22(25)31-10-8-30(9-11-31)20-16(13-33)27-18-19(24)29-32(21(18)28-20)17-3-1-2-12-34-17/h4-7,17,33H,1-3,8-13H2,(H2,25,26). The number of aliphatic hydroxyl groups excluding tert-OH is 1. The minimum absolute atomic E-state index is 0.152. The third-order valence-corrected chi connectivity index (χ3v) is 6.81. The number of aromatic nitrogens is 4. The van der Waals surface area contributed by atoms with Crippen molar-refractivity contribution in [3.05, 3.63) is 39.5 Å². The Morgan fingerprint density at radius 2 is 1.94 bits per heavy atom. The van der Waals surface area contributed by atoms with Gasteiger partial charge in [0, 0.05) is 32.8 Å². The van der Waals surface area contributed by atoms with Gasteiger partial charge in [0.15, 0.2) is 27.4 Å². The Morgan fingerprint density at radius 1 is 1.18 bits per heavy atom. The van der Waals surface area contributed by atoms with Crippen molar-refractivity contribution in [2.45, 2.75) is 32.1 Å². The van der Waals surface area contributed by atoms with Gasteiger partial charge in [-0.25, -0.2) is 24.0 Å². The van der Waals surface area contributed by atoms with Crippen LogP contribution in [0.2, 0.25) is 0 Å². The van der Waals surface area contributed by atoms with Crippen LogP contribution in [-0.2, 0) is 11.3 Å². The number of piperazine rings is 1. The molecule has 0 radical (unpaired) electrons. The van der Waals surface area contributed by atoms with Crippen LogP contribution in [0.4, 0.5) is 15.9 Å². The summed E-state index contributed by atoms with van der Waals surface area (Å²) in [6.45, 7) is 3.03. The van der Waals surface area contributed by atoms with Crippen molar-refractivity contribution in [1.29, 1.82) is 0 Å². The van der Waals surface area contributed by atoms with Crippen LogP contribution in [-0.4, -0.2) is 68.5 Å². The molecule has 4 heterocycles. The predicted octanol–water partition coefficient (Wildman–Crippen LogP) is 2.53. The van der Waals surface area contributed by atoms with Crippen LogP contribution in [0.15, 0.2) is 29.3 Å². The van der Waals surface area contributed by atoms with Crippen LogP contribution in [0.5, 0.6) is 0 Å². The highest BCUT2D eigenvalue weighted by Crippen LogP contribution is 2.30. The van der Waals surface area contributed by atoms with Gasteiger partial charge in [-0.3, -0.25) is 0 Å². The first-order chi connectivity index (χ1) is 16.5. The molecule has 34 heavy (non-hydrogen) atoms. The summed E-state index contributed by atoms with van der Waals surface area (Å²) >= 11 is 2.15. The van der Waals surface area contributed by atoms with Crippen LogP contribution < -0.4 is 10.6 Å². The van der Waals surface area contributed by atoms with E-state index in [4.69, 9.17) is 20.4 Å². The third kappa shape index (κ3) is 4.66. The van der Waals surface area contributed by atoms with E-state index in [0.717, 1.165) is 23.0 Å². The van der Waals surface area contributed by atoms with E-state index in [1.165, 1.54) is 12.1 Å². The van der Waals surface area contributed by atoms with Crippen molar-refractivity contribution >= 4 is 51.2 Å². The number of nitrogens with two attached hydrogens (primary N) is 1. The van der Waals surface area contributed by atoms with Gasteiger partial charge in [0.2, 0.25) is 0 Å². The molecule has 2 aliphatic heterocycles. The molecule has 1 atom stereocenters. The number of anilines is 1. The molecule has 5 rings (SSSR count). The Labute approximate surface area is 209 Å². The Hall–Kier alpha value is -2.58. The summed E-state index contributed by atoms with van der Waals surface area (Å²) in [6, 6.07) is 5.91. The molecular formula is C22H26FIN8O2. The molecular weight excluding hydrogens is 554 g/mol. The molecule has 2 fully saturated rings. The van der Waals surface area contributed by atoms with Crippen molar-refractivity contribution in [1.82, 2.24) is 24.6 Å². The molecule has 0 aliphatic carbocycles. The minimum atomic E-state index is -0.310. The Bertz CT molecular complexity index is 1190. The van der Waals surface area contributed by atoms with E-state index in [2.05, 4.69) is 37.6 Å². The van der Waals surface area contributed by atoms with Gasteiger partial charge in [0.05, 0.1) is 12.3 Å². The van der Waals surface area contributed by atoms with Gasteiger partial charge in [0.25, 0.3) is 0 Å². The van der Waals surface area contributed by atoms with E-state index in [-0.39, 0.29) is 18.7 Å². The van der Waals surface area contributed by atoms with Crippen molar-refractivity contribution in [3.8, 4) is 0 Å². The highest BCUT2D eigenvalue weighted by molar-refractivity contribution is 14.1. The number of hydrogen-bond acceptors (Lipinski definition) is 7. The molecule has 0 amide bonds. The van der Waals surface area contributed by atoms with Crippen molar-refractivity contribution in [3.63, 3.8) is 0 Å². The van der Waals surface area contributed by atoms with Crippen LogP contribution in [0.1, 0.15) is 31.2 Å². The highest BCUT2D eigenvalue weighted by atomic mass is 127. The quantitative estimate of drug-likeness (QED) is 0.275. The monoisotopic (exact) mass is 580 g/mol. The number of aliphatic imine (C=N–C) groups is 1. The minimum Gasteiger partial charge on any atom is -0.390 e. The maximum atomic E-state index is 13.1. The van der Waals surface area contributed by atoms with Gasteiger partial charge in [-0.2, -0.15) is 5.10 Å². The number of ether oxygens (including phenoxy) is 1. The van der Waals surface area contributed by atoms with Crippen molar-refractivity contribution in [2.24, 2.45) is 10.7 Å². The van der Waals surface area contributed by atoms with E-state index in [9.17, 15) is 9.50 Å². The number of benzene rings is 1. The zero-order valence-electron chi connectivity index (χ0n) is 18.6. The second-order valence-corrected chi connectivity index (χ2v) is 9.32. The SMILES string of the molecule is NC(=Nc1ccc(F)cc1)N1CCN(c2nc3c(nc2CO)c(I)nn3C2CCCCO2)CC1. The fourth-order valence-electron chi connectivity index (χ4n) is 4.28. The molecule has 2 aromatic heterocycles. The summed E-state index contributed by atoms with van der Waals surface area (Å²) in [7, 11) is 0. The maximum Gasteiger partial charge on any atom is 0.196 e. The van der Waals surface area contributed by atoms with Gasteiger partial charge in [0.1, 0.15) is 17.0 Å². The first-order valence-corrected chi connectivity index (χ1v) is 12.4. The molecule has 1 unspecified atom stereocenters. The molecule has 1 aromatic carbocycles. The fraction of sp³-hybridized carbons (Fsp3) is 0.455. The fourth-order valence-corrected chi connectivity index (χ4v) is 4.88. The maximum absolute atomic E-state index is 13.1. The lowest BCUT2D eigenvalue weighted by atomic mass is 10.2. The summed E-state index contributed by atoms with van der Waals surface area (Å²) in [5.74, 6) is 0.726. The second-order valence-electron chi connectivity index (χ2n) is 8.30. The highest BCUT2D eigenvalue weighted by Gasteiger charge is 2.27. The summed E-state index contributed by atoms with van der Waals surface area (Å²) in [6.07, 6.45) is 2.87. The number of nitrogens with zero attached hydrogens (tertiary/aromatic N) is 7. The number of hydrogen-bond donors (Lipinski definition) is 2. The van der Waals surface area contributed by atoms with Crippen LogP contribution in [0.25, 0.3) is 11.2 Å². The number of rotatable bonds is 4. The molecule has 0 bridgehead atoms. The topological polar surface area (TPSA) is 118 Å². The number of fused-ring (bicyclic) bond motifs is 1. The smallest absolute Gasteiger partial charge is 0.196 e. The van der Waals surface area contributed by atoms with Gasteiger partial charge < -0.3 is 25.4 Å². The zero-order chi connectivity index (χ0) is 23.7. The van der Waals surface area contributed by atoms with E-state index >= 15 is 0 Å². The Morgan fingerprint density at radius 3 is 2.62 bits per heavy atom. The van der Waals surface area contributed by atoms with Gasteiger partial charge in [-0.1, -0.05) is 0 Å². The number of guanidine groups is 1. The number of aliphatic hydroxyl groups is 1. The van der Waals surface area contributed by atoms with Crippen molar-refractivity contribution in [2.75, 3.05) is 37.7 Å². The molecule has 2 saturated heterocycles. The Balaban J connectivity index is 1.37. The van der Waals surface area contributed by atoms with Gasteiger partial charge >= 0.3 is 0 Å². The van der Waals surface area contributed by atoms with E-state index in [1.807, 2.05) is 9.58 Å². The van der Waals surface area contributed by atoms with E-state index < -0.39 is 0 Å². The van der Waals surface area contributed by atoms with Crippen molar-refractivity contribution < 1.29 is 14.2 Å². The molecule has 0 saturated carbocycles. The molecule has 12 heteroatoms. The average molecular weight is 580 g/mol. The summed E-state index contributed by atoms with van der Waals surface area (Å²) in [5.41, 5.74) is 8.68. The van der Waals surface area contributed by atoms with E-state index in [1.54, 1.807) is 12.1 Å². The lowest BCUT2D eigenvalue weighted by molar-refractivity contribution is -0.0372. The number of halogens is 2. The van der Waals surface area contributed by atoms with Gasteiger partial charge in [-0.05, 0) is 66.1 Å². The predicted molar refractivity (Wildman–Crippen MR) is 134 cm³/mol. The summed E-state index contributed by atoms with van der Waals surface area (Å²) in [5, 5.41) is 14.7. The van der Waals surface area contributed by atoms with Gasteiger partial charge in [-0.15, -0.1) is 0 Å². The molecule has 10 nitrogen and oxygen atoms in total. The van der Waals surface area contributed by atoms with Crippen LogP contribution in [0.3, 0.4) is 0 Å². The molecule has 3 N–H and O–H groups in total. The first-order valence-electron chi connectivity index (χ1n) is 11.3. The molecule has 2 aliphatic rings. The van der Waals surface area contributed by atoms with Crippen LogP contribution >= 0.6 is 22.6 Å². The normalized spacial score (nSPS) is 19.7. The van der Waals surface area contributed by atoms with E-state index in [0.29, 0.717) is 67.1 Å². The zero-order valence-corrected chi connectivity index (χ0v) is 20.7. The largest absolute Gasteiger partial charge is 0.390 e. The molecule has 3 aromatic rings.